The molecule has 1 unspecified atom stereocenters. The van der Waals surface area contributed by atoms with Crippen molar-refractivity contribution in [1.29, 1.82) is 0 Å². The number of carbonyl (C=O) groups is 3. The van der Waals surface area contributed by atoms with Crippen LogP contribution in [-0.2, 0) is 9.59 Å². The molecule has 1 aliphatic rings. The van der Waals surface area contributed by atoms with Crippen LogP contribution < -0.4 is 10.1 Å². The SMILES string of the molecule is C[C@H](NC(=O)C1(C)COc2c(oc3cc(Br)ccc23)C(=O)N1CC(=O)N(C)C)c1ccccc1. The van der Waals surface area contributed by atoms with Crippen molar-refractivity contribution in [2.24, 2.45) is 0 Å². The Morgan fingerprint density at radius 3 is 2.59 bits per heavy atom. The first-order valence-corrected chi connectivity index (χ1v) is 11.6. The van der Waals surface area contributed by atoms with E-state index in [1.54, 1.807) is 33.2 Å². The molecule has 0 radical (unpaired) electrons. The van der Waals surface area contributed by atoms with Gasteiger partial charge < -0.3 is 24.3 Å². The number of benzene rings is 2. The maximum absolute atomic E-state index is 13.7. The number of ether oxygens (including phenoxy) is 1. The van der Waals surface area contributed by atoms with Crippen LogP contribution in [0.2, 0.25) is 0 Å². The topological polar surface area (TPSA) is 92.1 Å². The van der Waals surface area contributed by atoms with Crippen LogP contribution in [0.1, 0.15) is 36.0 Å². The van der Waals surface area contributed by atoms with E-state index in [0.29, 0.717) is 11.0 Å². The van der Waals surface area contributed by atoms with Crippen molar-refractivity contribution in [3.8, 4) is 5.75 Å². The third-order valence-corrected chi connectivity index (χ3v) is 6.56. The Morgan fingerprint density at radius 2 is 1.91 bits per heavy atom. The van der Waals surface area contributed by atoms with Crippen LogP contribution in [0.5, 0.6) is 5.75 Å². The van der Waals surface area contributed by atoms with Gasteiger partial charge in [0.25, 0.3) is 5.91 Å². The summed E-state index contributed by atoms with van der Waals surface area (Å²) in [7, 11) is 3.19. The van der Waals surface area contributed by atoms with Crippen molar-refractivity contribution in [2.75, 3.05) is 27.2 Å². The lowest BCUT2D eigenvalue weighted by atomic mass is 9.97. The maximum atomic E-state index is 13.7. The lowest BCUT2D eigenvalue weighted by molar-refractivity contribution is -0.137. The van der Waals surface area contributed by atoms with Gasteiger partial charge in [0.2, 0.25) is 17.6 Å². The molecule has 1 aromatic heterocycles. The number of hydrogen-bond donors (Lipinski definition) is 1. The standard InChI is InChI=1S/C25H26BrN3O5/c1-15(16-8-6-5-7-9-16)27-24(32)25(2)14-33-21-18-11-10-17(26)12-19(18)34-22(21)23(31)29(25)13-20(30)28(3)4/h5-12,15H,13-14H2,1-4H3,(H,27,32)/t15-,25?/m0/s1. The molecule has 3 amide bonds. The highest BCUT2D eigenvalue weighted by molar-refractivity contribution is 9.10. The predicted molar refractivity (Wildman–Crippen MR) is 131 cm³/mol. The van der Waals surface area contributed by atoms with Crippen LogP contribution in [-0.4, -0.2) is 60.3 Å². The summed E-state index contributed by atoms with van der Waals surface area (Å²) < 4.78 is 12.7. The van der Waals surface area contributed by atoms with Crippen LogP contribution in [0.3, 0.4) is 0 Å². The van der Waals surface area contributed by atoms with E-state index in [0.717, 1.165) is 10.0 Å². The minimum atomic E-state index is -1.46. The molecule has 1 N–H and O–H groups in total. The van der Waals surface area contributed by atoms with E-state index < -0.39 is 17.4 Å². The smallest absolute Gasteiger partial charge is 0.295 e. The van der Waals surface area contributed by atoms with Gasteiger partial charge in [-0.15, -0.1) is 0 Å². The molecule has 178 valence electrons. The third-order valence-electron chi connectivity index (χ3n) is 6.07. The summed E-state index contributed by atoms with van der Waals surface area (Å²) >= 11 is 3.40. The second-order valence-electron chi connectivity index (χ2n) is 8.75. The molecule has 0 aliphatic carbocycles. The molecule has 0 spiro atoms. The van der Waals surface area contributed by atoms with Gasteiger partial charge in [0.15, 0.2) is 11.3 Å². The zero-order valence-electron chi connectivity index (χ0n) is 19.4. The Labute approximate surface area is 206 Å². The number of likely N-dealkylation sites (N-methyl/N-ethyl adjacent to an activating group) is 1. The van der Waals surface area contributed by atoms with Crippen molar-refractivity contribution in [1.82, 2.24) is 15.1 Å². The highest BCUT2D eigenvalue weighted by atomic mass is 79.9. The predicted octanol–water partition coefficient (Wildman–Crippen LogP) is 3.75. The molecule has 8 nitrogen and oxygen atoms in total. The summed E-state index contributed by atoms with van der Waals surface area (Å²) in [5.41, 5.74) is -0.0771. The van der Waals surface area contributed by atoms with Gasteiger partial charge in [-0.3, -0.25) is 14.4 Å². The number of fused-ring (bicyclic) bond motifs is 3. The first kappa shape index (κ1) is 23.8. The molecule has 0 fully saturated rings. The Bertz CT molecular complexity index is 1260. The summed E-state index contributed by atoms with van der Waals surface area (Å²) in [5, 5.41) is 3.59. The van der Waals surface area contributed by atoms with Gasteiger partial charge in [0, 0.05) is 18.6 Å². The zero-order chi connectivity index (χ0) is 24.6. The number of halogens is 1. The summed E-state index contributed by atoms with van der Waals surface area (Å²) in [5.74, 6) is -1.11. The maximum Gasteiger partial charge on any atom is 0.295 e. The molecule has 2 heterocycles. The highest BCUT2D eigenvalue weighted by Gasteiger charge is 2.49. The summed E-state index contributed by atoms with van der Waals surface area (Å²) in [6.07, 6.45) is 0. The van der Waals surface area contributed by atoms with E-state index in [1.807, 2.05) is 43.3 Å². The molecule has 1 aliphatic heterocycles. The highest BCUT2D eigenvalue weighted by Crippen LogP contribution is 2.39. The number of nitrogens with one attached hydrogen (secondary N) is 1. The van der Waals surface area contributed by atoms with E-state index in [2.05, 4.69) is 21.2 Å². The largest absolute Gasteiger partial charge is 0.486 e. The third kappa shape index (κ3) is 4.27. The molecule has 2 atom stereocenters. The number of furan rings is 1. The number of amides is 3. The van der Waals surface area contributed by atoms with E-state index in [4.69, 9.17) is 9.15 Å². The fourth-order valence-electron chi connectivity index (χ4n) is 3.86. The van der Waals surface area contributed by atoms with Crippen LogP contribution >= 0.6 is 15.9 Å². The van der Waals surface area contributed by atoms with Crippen molar-refractivity contribution in [2.45, 2.75) is 25.4 Å². The normalized spacial score (nSPS) is 18.6. The molecule has 34 heavy (non-hydrogen) atoms. The first-order chi connectivity index (χ1) is 16.1. The van der Waals surface area contributed by atoms with E-state index in [9.17, 15) is 14.4 Å². The fourth-order valence-corrected chi connectivity index (χ4v) is 4.20. The van der Waals surface area contributed by atoms with Crippen molar-refractivity contribution >= 4 is 44.6 Å². The molecule has 9 heteroatoms. The van der Waals surface area contributed by atoms with Gasteiger partial charge in [-0.2, -0.15) is 0 Å². The summed E-state index contributed by atoms with van der Waals surface area (Å²) in [6.45, 7) is 3.01. The van der Waals surface area contributed by atoms with E-state index in [-0.39, 0.29) is 36.6 Å². The van der Waals surface area contributed by atoms with Crippen molar-refractivity contribution < 1.29 is 23.5 Å². The number of nitrogens with zero attached hydrogens (tertiary/aromatic N) is 2. The van der Waals surface area contributed by atoms with E-state index in [1.165, 1.54) is 9.80 Å². The Balaban J connectivity index is 1.73. The quantitative estimate of drug-likeness (QED) is 0.545. The van der Waals surface area contributed by atoms with Gasteiger partial charge >= 0.3 is 0 Å². The first-order valence-electron chi connectivity index (χ1n) is 10.8. The molecule has 0 saturated heterocycles. The molecule has 3 aromatic rings. The average molecular weight is 528 g/mol. The van der Waals surface area contributed by atoms with Crippen molar-refractivity contribution in [3.63, 3.8) is 0 Å². The van der Waals surface area contributed by atoms with Crippen molar-refractivity contribution in [3.05, 3.63) is 64.3 Å². The molecular formula is C25H26BrN3O5. The van der Waals surface area contributed by atoms with Crippen LogP contribution in [0.15, 0.2) is 57.4 Å². The zero-order valence-corrected chi connectivity index (χ0v) is 21.0. The Kier molecular flexibility index (Phi) is 6.40. The van der Waals surface area contributed by atoms with Gasteiger partial charge in [0.05, 0.1) is 11.4 Å². The van der Waals surface area contributed by atoms with Gasteiger partial charge in [0.1, 0.15) is 18.7 Å². The van der Waals surface area contributed by atoms with Gasteiger partial charge in [-0.1, -0.05) is 46.3 Å². The van der Waals surface area contributed by atoms with Gasteiger partial charge in [-0.05, 0) is 37.6 Å². The Hall–Kier alpha value is -3.33. The van der Waals surface area contributed by atoms with E-state index >= 15 is 0 Å². The van der Waals surface area contributed by atoms with Crippen LogP contribution in [0, 0.1) is 0 Å². The second kappa shape index (κ2) is 9.13. The summed E-state index contributed by atoms with van der Waals surface area (Å²) in [6, 6.07) is 14.5. The molecular weight excluding hydrogens is 502 g/mol. The van der Waals surface area contributed by atoms with Crippen LogP contribution in [0.25, 0.3) is 11.0 Å². The number of rotatable bonds is 5. The lowest BCUT2D eigenvalue weighted by Gasteiger charge is -2.38. The molecule has 2 aromatic carbocycles. The average Bonchev–Trinajstić information content (AvgIpc) is 3.13. The minimum Gasteiger partial charge on any atom is -0.486 e. The molecule has 4 rings (SSSR count). The van der Waals surface area contributed by atoms with Gasteiger partial charge in [-0.25, -0.2) is 0 Å². The monoisotopic (exact) mass is 527 g/mol. The molecule has 0 saturated carbocycles. The fraction of sp³-hybridized carbons (Fsp3) is 0.320. The lowest BCUT2D eigenvalue weighted by Crippen LogP contribution is -2.63. The van der Waals surface area contributed by atoms with Crippen LogP contribution in [0.4, 0.5) is 0 Å². The summed E-state index contributed by atoms with van der Waals surface area (Å²) in [4.78, 5) is 42.6. The number of carbonyl (C=O) groups excluding carboxylic acids is 3. The molecule has 0 bridgehead atoms. The number of hydrogen-bond acceptors (Lipinski definition) is 5. The Morgan fingerprint density at radius 1 is 1.21 bits per heavy atom. The minimum absolute atomic E-state index is 0.0349. The second-order valence-corrected chi connectivity index (χ2v) is 9.66.